The summed E-state index contributed by atoms with van der Waals surface area (Å²) in [5.74, 6) is 5.84. The Hall–Kier alpha value is -2.12. The molecule has 0 bridgehead atoms. The first kappa shape index (κ1) is 10.4. The lowest BCUT2D eigenvalue weighted by Gasteiger charge is -2.00. The van der Waals surface area contributed by atoms with Gasteiger partial charge in [-0.05, 0) is 25.0 Å². The molecular formula is C12H12N4. The predicted octanol–water partition coefficient (Wildman–Crippen LogP) is 0.966. The van der Waals surface area contributed by atoms with E-state index in [4.69, 9.17) is 5.73 Å². The highest BCUT2D eigenvalue weighted by atomic mass is 15.4. The Bertz CT molecular complexity index is 517. The molecule has 1 aromatic heterocycles. The second kappa shape index (κ2) is 4.60. The van der Waals surface area contributed by atoms with Crippen molar-refractivity contribution in [2.45, 2.75) is 13.0 Å². The standard InChI is InChI=1S/C12H12N4/c1-10(13)7-8-12-9-14-15-16(12)11-5-3-2-4-6-11/h2-6,9-10H,13H2,1H3. The first-order valence-corrected chi connectivity index (χ1v) is 5.00. The largest absolute Gasteiger partial charge is 0.318 e. The fourth-order valence-corrected chi connectivity index (χ4v) is 1.27. The van der Waals surface area contributed by atoms with E-state index in [1.54, 1.807) is 10.9 Å². The van der Waals surface area contributed by atoms with Crippen LogP contribution in [-0.2, 0) is 0 Å². The number of nitrogens with zero attached hydrogens (tertiary/aromatic N) is 3. The summed E-state index contributed by atoms with van der Waals surface area (Å²) in [5, 5.41) is 7.83. The Balaban J connectivity index is 2.38. The average molecular weight is 212 g/mol. The molecular weight excluding hydrogens is 200 g/mol. The van der Waals surface area contributed by atoms with E-state index in [0.717, 1.165) is 11.4 Å². The van der Waals surface area contributed by atoms with Crippen LogP contribution < -0.4 is 5.73 Å². The third-order valence-electron chi connectivity index (χ3n) is 1.98. The maximum absolute atomic E-state index is 5.57. The summed E-state index contributed by atoms with van der Waals surface area (Å²) in [6, 6.07) is 9.59. The Labute approximate surface area is 94.1 Å². The highest BCUT2D eigenvalue weighted by Gasteiger charge is 2.02. The molecule has 0 aliphatic rings. The molecule has 0 aliphatic heterocycles. The highest BCUT2D eigenvalue weighted by Crippen LogP contribution is 2.07. The fourth-order valence-electron chi connectivity index (χ4n) is 1.27. The maximum atomic E-state index is 5.57. The van der Waals surface area contributed by atoms with Gasteiger partial charge in [0.05, 0.1) is 17.9 Å². The molecule has 1 atom stereocenters. The van der Waals surface area contributed by atoms with Crippen molar-refractivity contribution < 1.29 is 0 Å². The minimum Gasteiger partial charge on any atom is -0.318 e. The summed E-state index contributed by atoms with van der Waals surface area (Å²) in [5.41, 5.74) is 7.25. The molecule has 1 heterocycles. The number of rotatable bonds is 1. The van der Waals surface area contributed by atoms with Crippen LogP contribution in [0.25, 0.3) is 5.69 Å². The van der Waals surface area contributed by atoms with Gasteiger partial charge in [-0.1, -0.05) is 29.3 Å². The van der Waals surface area contributed by atoms with Crippen LogP contribution in [-0.4, -0.2) is 21.0 Å². The predicted molar refractivity (Wildman–Crippen MR) is 61.9 cm³/mol. The van der Waals surface area contributed by atoms with Crippen LogP contribution in [0.1, 0.15) is 12.6 Å². The summed E-state index contributed by atoms with van der Waals surface area (Å²) >= 11 is 0. The fraction of sp³-hybridized carbons (Fsp3) is 0.167. The zero-order chi connectivity index (χ0) is 11.4. The second-order valence-corrected chi connectivity index (χ2v) is 3.42. The van der Waals surface area contributed by atoms with Crippen molar-refractivity contribution in [3.8, 4) is 17.5 Å². The molecule has 2 aromatic rings. The Morgan fingerprint density at radius 2 is 2.06 bits per heavy atom. The summed E-state index contributed by atoms with van der Waals surface area (Å²) < 4.78 is 1.69. The van der Waals surface area contributed by atoms with Crippen molar-refractivity contribution in [2.24, 2.45) is 5.73 Å². The third-order valence-corrected chi connectivity index (χ3v) is 1.98. The Kier molecular flexibility index (Phi) is 2.99. The zero-order valence-electron chi connectivity index (χ0n) is 8.96. The van der Waals surface area contributed by atoms with Crippen LogP contribution >= 0.6 is 0 Å². The molecule has 0 radical (unpaired) electrons. The van der Waals surface area contributed by atoms with Crippen molar-refractivity contribution in [3.63, 3.8) is 0 Å². The number of nitrogens with two attached hydrogens (primary N) is 1. The molecule has 2 N–H and O–H groups in total. The van der Waals surface area contributed by atoms with E-state index in [1.807, 2.05) is 37.3 Å². The van der Waals surface area contributed by atoms with Gasteiger partial charge in [0.2, 0.25) is 0 Å². The van der Waals surface area contributed by atoms with E-state index >= 15 is 0 Å². The molecule has 2 rings (SSSR count). The molecule has 0 saturated heterocycles. The van der Waals surface area contributed by atoms with Gasteiger partial charge in [-0.3, -0.25) is 0 Å². The maximum Gasteiger partial charge on any atom is 0.137 e. The van der Waals surface area contributed by atoms with E-state index in [-0.39, 0.29) is 6.04 Å². The van der Waals surface area contributed by atoms with E-state index < -0.39 is 0 Å². The summed E-state index contributed by atoms with van der Waals surface area (Å²) in [4.78, 5) is 0. The van der Waals surface area contributed by atoms with Crippen molar-refractivity contribution >= 4 is 0 Å². The van der Waals surface area contributed by atoms with Crippen molar-refractivity contribution in [3.05, 3.63) is 42.2 Å². The van der Waals surface area contributed by atoms with Gasteiger partial charge in [0.25, 0.3) is 0 Å². The quantitative estimate of drug-likeness (QED) is 0.716. The normalized spacial score (nSPS) is 11.6. The van der Waals surface area contributed by atoms with Gasteiger partial charge in [0, 0.05) is 0 Å². The number of hydrogen-bond donors (Lipinski definition) is 1. The number of aromatic nitrogens is 3. The first-order valence-electron chi connectivity index (χ1n) is 5.00. The molecule has 0 spiro atoms. The van der Waals surface area contributed by atoms with Gasteiger partial charge >= 0.3 is 0 Å². The van der Waals surface area contributed by atoms with E-state index in [1.165, 1.54) is 0 Å². The molecule has 4 heteroatoms. The second-order valence-electron chi connectivity index (χ2n) is 3.42. The molecule has 0 fully saturated rings. The van der Waals surface area contributed by atoms with Gasteiger partial charge in [0.15, 0.2) is 0 Å². The van der Waals surface area contributed by atoms with Crippen molar-refractivity contribution in [1.82, 2.24) is 15.0 Å². The third kappa shape index (κ3) is 2.27. The van der Waals surface area contributed by atoms with Crippen molar-refractivity contribution in [1.29, 1.82) is 0 Å². The van der Waals surface area contributed by atoms with Gasteiger partial charge in [-0.25, -0.2) is 4.68 Å². The van der Waals surface area contributed by atoms with Crippen LogP contribution in [0.3, 0.4) is 0 Å². The monoisotopic (exact) mass is 212 g/mol. The van der Waals surface area contributed by atoms with Gasteiger partial charge in [-0.15, -0.1) is 5.10 Å². The number of hydrogen-bond acceptors (Lipinski definition) is 3. The molecule has 1 aromatic carbocycles. The number of para-hydroxylation sites is 1. The zero-order valence-corrected chi connectivity index (χ0v) is 8.96. The summed E-state index contributed by atoms with van der Waals surface area (Å²) in [6.45, 7) is 1.84. The van der Waals surface area contributed by atoms with E-state index in [0.29, 0.717) is 0 Å². The number of benzene rings is 1. The highest BCUT2D eigenvalue weighted by molar-refractivity contribution is 5.37. The van der Waals surface area contributed by atoms with Crippen LogP contribution in [0.15, 0.2) is 36.5 Å². The molecule has 0 amide bonds. The Morgan fingerprint density at radius 1 is 1.31 bits per heavy atom. The topological polar surface area (TPSA) is 56.7 Å². The lowest BCUT2D eigenvalue weighted by molar-refractivity contribution is 0.796. The molecule has 1 unspecified atom stereocenters. The van der Waals surface area contributed by atoms with Crippen LogP contribution in [0.5, 0.6) is 0 Å². The summed E-state index contributed by atoms with van der Waals surface area (Å²) in [6.07, 6.45) is 1.63. The van der Waals surface area contributed by atoms with Gasteiger partial charge in [0.1, 0.15) is 5.69 Å². The molecule has 80 valence electrons. The molecule has 4 nitrogen and oxygen atoms in total. The minimum atomic E-state index is -0.154. The SMILES string of the molecule is CC(N)C#Cc1cnnn1-c1ccccc1. The van der Waals surface area contributed by atoms with Crippen LogP contribution in [0.4, 0.5) is 0 Å². The van der Waals surface area contributed by atoms with E-state index in [2.05, 4.69) is 22.2 Å². The lowest BCUT2D eigenvalue weighted by atomic mass is 10.3. The van der Waals surface area contributed by atoms with E-state index in [9.17, 15) is 0 Å². The molecule has 16 heavy (non-hydrogen) atoms. The van der Waals surface area contributed by atoms with Crippen LogP contribution in [0, 0.1) is 11.8 Å². The molecule has 0 saturated carbocycles. The smallest absolute Gasteiger partial charge is 0.137 e. The average Bonchev–Trinajstić information content (AvgIpc) is 2.75. The lowest BCUT2D eigenvalue weighted by Crippen LogP contribution is -2.11. The minimum absolute atomic E-state index is 0.154. The van der Waals surface area contributed by atoms with Crippen LogP contribution in [0.2, 0.25) is 0 Å². The first-order chi connectivity index (χ1) is 7.77. The van der Waals surface area contributed by atoms with Crippen molar-refractivity contribution in [2.75, 3.05) is 0 Å². The summed E-state index contributed by atoms with van der Waals surface area (Å²) in [7, 11) is 0. The van der Waals surface area contributed by atoms with Gasteiger partial charge in [-0.2, -0.15) is 0 Å². The Morgan fingerprint density at radius 3 is 2.75 bits per heavy atom. The molecule has 0 aliphatic carbocycles. The van der Waals surface area contributed by atoms with Gasteiger partial charge < -0.3 is 5.73 Å².